The highest BCUT2D eigenvalue weighted by Gasteiger charge is 2.29. The number of phenols is 1. The summed E-state index contributed by atoms with van der Waals surface area (Å²) in [5, 5.41) is 20.3. The van der Waals surface area contributed by atoms with E-state index in [1.807, 2.05) is 0 Å². The molecule has 1 amide bonds. The molecule has 3 rings (SSSR count). The van der Waals surface area contributed by atoms with Gasteiger partial charge in [0.25, 0.3) is 5.91 Å². The molecular weight excluding hydrogens is 382 g/mol. The van der Waals surface area contributed by atoms with Crippen LogP contribution in [0.25, 0.3) is 6.08 Å². The van der Waals surface area contributed by atoms with Crippen LogP contribution in [0.15, 0.2) is 58.0 Å². The first kappa shape index (κ1) is 19.6. The number of ether oxygens (including phenoxy) is 1. The van der Waals surface area contributed by atoms with Gasteiger partial charge < -0.3 is 9.84 Å². The van der Waals surface area contributed by atoms with Gasteiger partial charge in [-0.1, -0.05) is 6.07 Å². The number of sulfonamides is 1. The summed E-state index contributed by atoms with van der Waals surface area (Å²) in [5.74, 6) is -0.0112. The van der Waals surface area contributed by atoms with Gasteiger partial charge in [0.15, 0.2) is 11.5 Å². The van der Waals surface area contributed by atoms with E-state index in [9.17, 15) is 18.3 Å². The lowest BCUT2D eigenvalue weighted by molar-refractivity contribution is -0.114. The lowest BCUT2D eigenvalue weighted by Gasteiger charge is -2.12. The van der Waals surface area contributed by atoms with E-state index in [1.54, 1.807) is 32.1 Å². The number of benzene rings is 2. The number of nitrogens with two attached hydrogens (primary N) is 1. The summed E-state index contributed by atoms with van der Waals surface area (Å²) >= 11 is 0. The van der Waals surface area contributed by atoms with Gasteiger partial charge in [0.1, 0.15) is 0 Å². The average Bonchev–Trinajstić information content (AvgIpc) is 2.92. The number of nitrogens with zero attached hydrogens (tertiary/aromatic N) is 2. The topological polar surface area (TPSA) is 122 Å². The SMILES string of the molecule is CCOc1cc(C=C2C(=O)N(c3ccc(S(N)(=O)=O)cc3)N=C2C)ccc1O. The van der Waals surface area contributed by atoms with Crippen LogP contribution in [0.3, 0.4) is 0 Å². The monoisotopic (exact) mass is 401 g/mol. The molecule has 0 unspecified atom stereocenters. The van der Waals surface area contributed by atoms with Crippen LogP contribution in [0.4, 0.5) is 5.69 Å². The number of hydrogen-bond donors (Lipinski definition) is 2. The van der Waals surface area contributed by atoms with E-state index in [-0.39, 0.29) is 16.6 Å². The minimum atomic E-state index is -3.81. The Labute approximate surface area is 162 Å². The van der Waals surface area contributed by atoms with Gasteiger partial charge in [-0.15, -0.1) is 0 Å². The largest absolute Gasteiger partial charge is 0.504 e. The molecule has 3 N–H and O–H groups in total. The van der Waals surface area contributed by atoms with Gasteiger partial charge in [0.2, 0.25) is 10.0 Å². The third-order valence-electron chi connectivity index (χ3n) is 4.07. The molecule has 8 nitrogen and oxygen atoms in total. The van der Waals surface area contributed by atoms with E-state index in [0.29, 0.717) is 34.9 Å². The van der Waals surface area contributed by atoms with Crippen molar-refractivity contribution in [2.45, 2.75) is 18.7 Å². The molecule has 0 radical (unpaired) electrons. The Morgan fingerprint density at radius 3 is 2.50 bits per heavy atom. The number of phenolic OH excluding ortho intramolecular Hbond substituents is 1. The minimum Gasteiger partial charge on any atom is -0.504 e. The molecule has 2 aromatic carbocycles. The molecular formula is C19H19N3O5S. The van der Waals surface area contributed by atoms with Crippen LogP contribution in [0.1, 0.15) is 19.4 Å². The molecule has 0 aliphatic carbocycles. The Balaban J connectivity index is 1.91. The Bertz CT molecular complexity index is 1090. The van der Waals surface area contributed by atoms with Gasteiger partial charge in [-0.25, -0.2) is 13.6 Å². The molecule has 0 saturated heterocycles. The zero-order chi connectivity index (χ0) is 20.5. The van der Waals surface area contributed by atoms with Crippen LogP contribution >= 0.6 is 0 Å². The number of hydrazone groups is 1. The predicted octanol–water partition coefficient (Wildman–Crippen LogP) is 2.24. The molecule has 0 bridgehead atoms. The lowest BCUT2D eigenvalue weighted by atomic mass is 10.1. The summed E-state index contributed by atoms with van der Waals surface area (Å²) in [6.07, 6.45) is 1.65. The summed E-state index contributed by atoms with van der Waals surface area (Å²) in [7, 11) is -3.81. The van der Waals surface area contributed by atoms with Crippen LogP contribution in [0.2, 0.25) is 0 Å². The fraction of sp³-hybridized carbons (Fsp3) is 0.158. The number of carbonyl (C=O) groups excluding carboxylic acids is 1. The molecule has 0 aromatic heterocycles. The summed E-state index contributed by atoms with van der Waals surface area (Å²) in [6, 6.07) is 10.4. The first-order valence-corrected chi connectivity index (χ1v) is 9.95. The number of rotatable bonds is 5. The van der Waals surface area contributed by atoms with E-state index in [2.05, 4.69) is 5.10 Å². The minimum absolute atomic E-state index is 0.0173. The maximum absolute atomic E-state index is 12.8. The summed E-state index contributed by atoms with van der Waals surface area (Å²) in [5.41, 5.74) is 1.97. The van der Waals surface area contributed by atoms with Crippen molar-refractivity contribution in [2.75, 3.05) is 11.6 Å². The molecule has 1 aliphatic rings. The second-order valence-corrected chi connectivity index (χ2v) is 7.62. The Morgan fingerprint density at radius 2 is 1.89 bits per heavy atom. The molecule has 28 heavy (non-hydrogen) atoms. The number of primary sulfonamides is 1. The third kappa shape index (κ3) is 3.90. The van der Waals surface area contributed by atoms with Crippen molar-refractivity contribution in [3.05, 3.63) is 53.6 Å². The van der Waals surface area contributed by atoms with Crippen LogP contribution < -0.4 is 14.9 Å². The Hall–Kier alpha value is -3.17. The molecule has 9 heteroatoms. The molecule has 1 aliphatic heterocycles. The number of carbonyl (C=O) groups is 1. The van der Waals surface area contributed by atoms with Gasteiger partial charge in [-0.3, -0.25) is 4.79 Å². The number of aromatic hydroxyl groups is 1. The van der Waals surface area contributed by atoms with Crippen molar-refractivity contribution in [3.8, 4) is 11.5 Å². The number of hydrogen-bond acceptors (Lipinski definition) is 6. The van der Waals surface area contributed by atoms with Crippen molar-refractivity contribution < 1.29 is 23.1 Å². The number of anilines is 1. The second-order valence-electron chi connectivity index (χ2n) is 6.06. The van der Waals surface area contributed by atoms with Crippen molar-refractivity contribution in [1.82, 2.24) is 0 Å². The zero-order valence-electron chi connectivity index (χ0n) is 15.3. The van der Waals surface area contributed by atoms with Gasteiger partial charge >= 0.3 is 0 Å². The lowest BCUT2D eigenvalue weighted by Crippen LogP contribution is -2.21. The zero-order valence-corrected chi connectivity index (χ0v) is 16.1. The molecule has 0 spiro atoms. The average molecular weight is 401 g/mol. The van der Waals surface area contributed by atoms with Gasteiger partial charge in [-0.05, 0) is 61.9 Å². The van der Waals surface area contributed by atoms with Gasteiger partial charge in [-0.2, -0.15) is 10.1 Å². The van der Waals surface area contributed by atoms with Crippen molar-refractivity contribution in [3.63, 3.8) is 0 Å². The standard InChI is InChI=1S/C19H19N3O5S/c1-3-27-18-11-13(4-9-17(18)23)10-16-12(2)21-22(19(16)24)14-5-7-15(8-6-14)28(20,25)26/h4-11,23H,3H2,1-2H3,(H2,20,25,26). The van der Waals surface area contributed by atoms with E-state index in [0.717, 1.165) is 0 Å². The van der Waals surface area contributed by atoms with Crippen LogP contribution in [0.5, 0.6) is 11.5 Å². The molecule has 0 atom stereocenters. The molecule has 146 valence electrons. The second kappa shape index (κ2) is 7.45. The van der Waals surface area contributed by atoms with Crippen molar-refractivity contribution >= 4 is 33.4 Å². The van der Waals surface area contributed by atoms with Crippen molar-refractivity contribution in [1.29, 1.82) is 0 Å². The summed E-state index contributed by atoms with van der Waals surface area (Å²) < 4.78 is 28.1. The van der Waals surface area contributed by atoms with Crippen LogP contribution in [-0.2, 0) is 14.8 Å². The fourth-order valence-electron chi connectivity index (χ4n) is 2.69. The van der Waals surface area contributed by atoms with Gasteiger partial charge in [0, 0.05) is 0 Å². The molecule has 2 aromatic rings. The highest BCUT2D eigenvalue weighted by atomic mass is 32.2. The highest BCUT2D eigenvalue weighted by Crippen LogP contribution is 2.30. The van der Waals surface area contributed by atoms with Crippen LogP contribution in [0, 0.1) is 0 Å². The predicted molar refractivity (Wildman–Crippen MR) is 106 cm³/mol. The Kier molecular flexibility index (Phi) is 5.21. The van der Waals surface area contributed by atoms with Gasteiger partial charge in [0.05, 0.1) is 28.5 Å². The molecule has 1 heterocycles. The highest BCUT2D eigenvalue weighted by molar-refractivity contribution is 7.89. The maximum Gasteiger partial charge on any atom is 0.280 e. The summed E-state index contributed by atoms with van der Waals surface area (Å²) in [6.45, 7) is 3.91. The fourth-order valence-corrected chi connectivity index (χ4v) is 3.21. The normalized spacial score (nSPS) is 15.8. The summed E-state index contributed by atoms with van der Waals surface area (Å²) in [4.78, 5) is 12.8. The maximum atomic E-state index is 12.8. The number of amides is 1. The van der Waals surface area contributed by atoms with Crippen LogP contribution in [-0.4, -0.2) is 31.8 Å². The first-order valence-electron chi connectivity index (χ1n) is 8.41. The molecule has 0 fully saturated rings. The van der Waals surface area contributed by atoms with E-state index >= 15 is 0 Å². The van der Waals surface area contributed by atoms with E-state index in [1.165, 1.54) is 35.3 Å². The quantitative estimate of drug-likeness (QED) is 0.744. The Morgan fingerprint density at radius 1 is 1.21 bits per heavy atom. The van der Waals surface area contributed by atoms with E-state index < -0.39 is 10.0 Å². The van der Waals surface area contributed by atoms with Crippen molar-refractivity contribution in [2.24, 2.45) is 10.2 Å². The molecule has 0 saturated carbocycles. The smallest absolute Gasteiger partial charge is 0.280 e. The van der Waals surface area contributed by atoms with E-state index in [4.69, 9.17) is 9.88 Å². The first-order chi connectivity index (χ1) is 13.2. The third-order valence-corrected chi connectivity index (χ3v) is 5.00.